The lowest BCUT2D eigenvalue weighted by atomic mass is 10.1. The number of hydrogen-bond acceptors (Lipinski definition) is 3. The molecule has 2 heterocycles. The minimum Gasteiger partial charge on any atom is -0.309 e. The Labute approximate surface area is 131 Å². The topological polar surface area (TPSA) is 29.3 Å². The zero-order valence-electron chi connectivity index (χ0n) is 13.0. The molecule has 1 aliphatic carbocycles. The van der Waals surface area contributed by atoms with E-state index in [0.29, 0.717) is 6.04 Å². The first-order valence-electron chi connectivity index (χ1n) is 8.06. The molecule has 1 fully saturated rings. The first-order chi connectivity index (χ1) is 10.2. The zero-order chi connectivity index (χ0) is 14.7. The first-order valence-corrected chi connectivity index (χ1v) is 9.04. The Morgan fingerprint density at radius 3 is 2.90 bits per heavy atom. The van der Waals surface area contributed by atoms with Gasteiger partial charge in [0.05, 0.1) is 5.69 Å². The highest BCUT2D eigenvalue weighted by molar-refractivity contribution is 7.99. The van der Waals surface area contributed by atoms with E-state index >= 15 is 0 Å². The highest BCUT2D eigenvalue weighted by atomic mass is 32.2. The molecule has 0 aliphatic heterocycles. The third-order valence-corrected chi connectivity index (χ3v) is 5.44. The Hall–Kier alpha value is -1.00. The van der Waals surface area contributed by atoms with Crippen molar-refractivity contribution < 1.29 is 0 Å². The van der Waals surface area contributed by atoms with E-state index in [1.54, 1.807) is 0 Å². The van der Waals surface area contributed by atoms with E-state index in [2.05, 4.69) is 48.0 Å². The summed E-state index contributed by atoms with van der Waals surface area (Å²) in [6.45, 7) is 5.26. The highest BCUT2D eigenvalue weighted by Gasteiger charge is 2.18. The van der Waals surface area contributed by atoms with Gasteiger partial charge in [0.15, 0.2) is 0 Å². The number of thioether (sulfide) groups is 1. The second kappa shape index (κ2) is 6.84. The Bertz CT molecular complexity index is 585. The number of imidazole rings is 1. The van der Waals surface area contributed by atoms with Gasteiger partial charge in [-0.05, 0) is 30.9 Å². The molecule has 21 heavy (non-hydrogen) atoms. The van der Waals surface area contributed by atoms with Crippen molar-refractivity contribution in [2.24, 2.45) is 5.92 Å². The molecular weight excluding hydrogens is 278 g/mol. The van der Waals surface area contributed by atoms with Crippen molar-refractivity contribution in [2.45, 2.75) is 57.1 Å². The summed E-state index contributed by atoms with van der Waals surface area (Å²) in [6, 6.07) is 6.73. The number of fused-ring (bicyclic) bond motifs is 1. The molecule has 1 N–H and O–H groups in total. The van der Waals surface area contributed by atoms with Crippen molar-refractivity contribution in [1.82, 2.24) is 14.7 Å². The number of rotatable bonds is 6. The molecule has 1 aliphatic rings. The smallest absolute Gasteiger partial charge is 0.138 e. The predicted molar refractivity (Wildman–Crippen MR) is 89.8 cm³/mol. The van der Waals surface area contributed by atoms with Crippen LogP contribution in [0.3, 0.4) is 0 Å². The number of aromatic nitrogens is 2. The van der Waals surface area contributed by atoms with Gasteiger partial charge < -0.3 is 9.72 Å². The lowest BCUT2D eigenvalue weighted by Crippen LogP contribution is -2.23. The van der Waals surface area contributed by atoms with Crippen molar-refractivity contribution in [3.05, 3.63) is 30.1 Å². The predicted octanol–water partition coefficient (Wildman–Crippen LogP) is 4.11. The quantitative estimate of drug-likeness (QED) is 0.814. The fraction of sp³-hybridized carbons (Fsp3) is 0.588. The number of nitrogens with one attached hydrogen (secondary N) is 1. The largest absolute Gasteiger partial charge is 0.309 e. The molecule has 0 radical (unpaired) electrons. The molecular formula is C17H25N3S. The molecule has 3 rings (SSSR count). The van der Waals surface area contributed by atoms with E-state index in [9.17, 15) is 0 Å². The van der Waals surface area contributed by atoms with Crippen LogP contribution in [0.4, 0.5) is 0 Å². The standard InChI is InChI=1S/C17H25N3S/c1-13(2)18-11-15-17(21-12-14-7-3-4-8-14)19-16-9-5-6-10-20(15)16/h5-6,9-10,13-14,18H,3-4,7-8,11-12H2,1-2H3. The van der Waals surface area contributed by atoms with Gasteiger partial charge in [-0.25, -0.2) is 4.98 Å². The Kier molecular flexibility index (Phi) is 4.86. The van der Waals surface area contributed by atoms with Crippen LogP contribution in [0.2, 0.25) is 0 Å². The van der Waals surface area contributed by atoms with Crippen molar-refractivity contribution in [1.29, 1.82) is 0 Å². The molecule has 1 saturated carbocycles. The molecule has 0 bridgehead atoms. The molecule has 0 spiro atoms. The normalized spacial score (nSPS) is 16.3. The minimum atomic E-state index is 0.493. The van der Waals surface area contributed by atoms with Crippen molar-refractivity contribution >= 4 is 17.4 Å². The van der Waals surface area contributed by atoms with E-state index < -0.39 is 0 Å². The summed E-state index contributed by atoms with van der Waals surface area (Å²) >= 11 is 1.95. The molecule has 3 nitrogen and oxygen atoms in total. The lowest BCUT2D eigenvalue weighted by molar-refractivity contribution is 0.573. The highest BCUT2D eigenvalue weighted by Crippen LogP contribution is 2.32. The third-order valence-electron chi connectivity index (χ3n) is 4.20. The van der Waals surface area contributed by atoms with Crippen LogP contribution in [0.5, 0.6) is 0 Å². The number of hydrogen-bond donors (Lipinski definition) is 1. The van der Waals surface area contributed by atoms with Crippen LogP contribution < -0.4 is 5.32 Å². The summed E-state index contributed by atoms with van der Waals surface area (Å²) in [7, 11) is 0. The van der Waals surface area contributed by atoms with Gasteiger partial charge in [0.2, 0.25) is 0 Å². The van der Waals surface area contributed by atoms with Crippen molar-refractivity contribution in [3.63, 3.8) is 0 Å². The van der Waals surface area contributed by atoms with Gasteiger partial charge in [-0.1, -0.05) is 32.8 Å². The number of pyridine rings is 1. The zero-order valence-corrected chi connectivity index (χ0v) is 13.8. The second-order valence-electron chi connectivity index (χ2n) is 6.29. The lowest BCUT2D eigenvalue weighted by Gasteiger charge is -2.11. The maximum Gasteiger partial charge on any atom is 0.138 e. The van der Waals surface area contributed by atoms with E-state index in [1.165, 1.54) is 42.2 Å². The molecule has 0 amide bonds. The molecule has 114 valence electrons. The Balaban J connectivity index is 1.79. The van der Waals surface area contributed by atoms with Gasteiger partial charge >= 0.3 is 0 Å². The van der Waals surface area contributed by atoms with Crippen LogP contribution >= 0.6 is 11.8 Å². The molecule has 0 aromatic carbocycles. The maximum atomic E-state index is 4.84. The molecule has 2 aromatic heterocycles. The van der Waals surface area contributed by atoms with E-state index in [1.807, 2.05) is 11.8 Å². The monoisotopic (exact) mass is 303 g/mol. The van der Waals surface area contributed by atoms with Gasteiger partial charge in [-0.15, -0.1) is 11.8 Å². The summed E-state index contributed by atoms with van der Waals surface area (Å²) in [5, 5.41) is 4.74. The molecule has 0 atom stereocenters. The summed E-state index contributed by atoms with van der Waals surface area (Å²) in [5.74, 6) is 2.11. The van der Waals surface area contributed by atoms with E-state index in [4.69, 9.17) is 4.98 Å². The summed E-state index contributed by atoms with van der Waals surface area (Å²) in [6.07, 6.45) is 7.76. The SMILES string of the molecule is CC(C)NCc1c(SCC2CCCC2)nc2ccccn12. The summed E-state index contributed by atoms with van der Waals surface area (Å²) < 4.78 is 2.23. The number of nitrogens with zero attached hydrogens (tertiary/aromatic N) is 2. The van der Waals surface area contributed by atoms with Crippen molar-refractivity contribution in [2.75, 3.05) is 5.75 Å². The van der Waals surface area contributed by atoms with Crippen LogP contribution in [0.25, 0.3) is 5.65 Å². The molecule has 0 saturated heterocycles. The first kappa shape index (κ1) is 14.9. The average Bonchev–Trinajstić information content (AvgIpc) is 3.10. The molecule has 4 heteroatoms. The summed E-state index contributed by atoms with van der Waals surface area (Å²) in [4.78, 5) is 4.84. The third kappa shape index (κ3) is 3.61. The van der Waals surface area contributed by atoms with Crippen LogP contribution in [0.15, 0.2) is 29.4 Å². The average molecular weight is 303 g/mol. The maximum absolute atomic E-state index is 4.84. The fourth-order valence-electron chi connectivity index (χ4n) is 2.98. The second-order valence-corrected chi connectivity index (χ2v) is 7.30. The van der Waals surface area contributed by atoms with Crippen LogP contribution in [0, 0.1) is 5.92 Å². The summed E-state index contributed by atoms with van der Waals surface area (Å²) in [5.41, 5.74) is 2.37. The van der Waals surface area contributed by atoms with Gasteiger partial charge in [0.25, 0.3) is 0 Å². The minimum absolute atomic E-state index is 0.493. The van der Waals surface area contributed by atoms with Crippen LogP contribution in [0.1, 0.15) is 45.2 Å². The van der Waals surface area contributed by atoms with Crippen molar-refractivity contribution in [3.8, 4) is 0 Å². The Morgan fingerprint density at radius 1 is 1.33 bits per heavy atom. The van der Waals surface area contributed by atoms with Gasteiger partial charge in [0.1, 0.15) is 10.7 Å². The van der Waals surface area contributed by atoms with Gasteiger partial charge in [-0.2, -0.15) is 0 Å². The molecule has 2 aromatic rings. The fourth-order valence-corrected chi connectivity index (χ4v) is 4.20. The van der Waals surface area contributed by atoms with E-state index in [-0.39, 0.29) is 0 Å². The van der Waals surface area contributed by atoms with E-state index in [0.717, 1.165) is 18.1 Å². The van der Waals surface area contributed by atoms with Gasteiger partial charge in [-0.3, -0.25) is 0 Å². The Morgan fingerprint density at radius 2 is 2.14 bits per heavy atom. The van der Waals surface area contributed by atoms with Gasteiger partial charge in [0, 0.05) is 24.5 Å². The molecule has 0 unspecified atom stereocenters. The van der Waals surface area contributed by atoms with Crippen LogP contribution in [-0.4, -0.2) is 21.2 Å². The van der Waals surface area contributed by atoms with Crippen LogP contribution in [-0.2, 0) is 6.54 Å².